The minimum atomic E-state index is -0.239. The predicted molar refractivity (Wildman–Crippen MR) is 95.3 cm³/mol. The van der Waals surface area contributed by atoms with Crippen LogP contribution in [-0.2, 0) is 4.79 Å². The predicted octanol–water partition coefficient (Wildman–Crippen LogP) is 3.11. The quantitative estimate of drug-likeness (QED) is 0.902. The molecule has 3 rings (SSSR count). The first-order valence-electron chi connectivity index (χ1n) is 7.78. The molecule has 1 fully saturated rings. The van der Waals surface area contributed by atoms with Gasteiger partial charge in [0.1, 0.15) is 6.54 Å². The molecule has 2 aromatic carbocycles. The molecule has 0 saturated carbocycles. The van der Waals surface area contributed by atoms with E-state index in [-0.39, 0.29) is 18.5 Å². The molecule has 0 bridgehead atoms. The normalized spacial score (nSPS) is 14.2. The van der Waals surface area contributed by atoms with E-state index in [9.17, 15) is 9.59 Å². The number of hydrogen-bond acceptors (Lipinski definition) is 3. The van der Waals surface area contributed by atoms with Crippen LogP contribution in [0.1, 0.15) is 5.56 Å². The van der Waals surface area contributed by atoms with Crippen molar-refractivity contribution in [1.82, 2.24) is 10.2 Å². The summed E-state index contributed by atoms with van der Waals surface area (Å²) in [7, 11) is 0. The summed E-state index contributed by atoms with van der Waals surface area (Å²) in [6.07, 6.45) is 0. The third kappa shape index (κ3) is 4.08. The summed E-state index contributed by atoms with van der Waals surface area (Å²) in [4.78, 5) is 27.5. The van der Waals surface area contributed by atoms with Gasteiger partial charge >= 0.3 is 6.03 Å². The second-order valence-corrected chi connectivity index (χ2v) is 6.74. The number of amides is 3. The highest BCUT2D eigenvalue weighted by molar-refractivity contribution is 7.99. The molecule has 1 aliphatic rings. The number of rotatable bonds is 3. The molecule has 0 unspecified atom stereocenters. The molecule has 5 nitrogen and oxygen atoms in total. The largest absolute Gasteiger partial charge is 0.353 e. The Morgan fingerprint density at radius 1 is 1.17 bits per heavy atom. The van der Waals surface area contributed by atoms with Crippen molar-refractivity contribution in [2.45, 2.75) is 16.7 Å². The van der Waals surface area contributed by atoms with Crippen LogP contribution >= 0.6 is 11.8 Å². The Morgan fingerprint density at radius 2 is 1.96 bits per heavy atom. The van der Waals surface area contributed by atoms with Crippen LogP contribution in [0.15, 0.2) is 58.3 Å². The highest BCUT2D eigenvalue weighted by Crippen LogP contribution is 2.30. The fraction of sp³-hybridized carbons (Fsp3) is 0.222. The SMILES string of the molecule is Cc1cc(Sc2ccccc2)ccc1NC(=O)N1CCNC(=O)C1. The number of benzene rings is 2. The van der Waals surface area contributed by atoms with Crippen LogP contribution in [0.5, 0.6) is 0 Å². The fourth-order valence-electron chi connectivity index (χ4n) is 2.47. The zero-order chi connectivity index (χ0) is 16.9. The maximum atomic E-state index is 12.3. The van der Waals surface area contributed by atoms with E-state index in [0.29, 0.717) is 13.1 Å². The van der Waals surface area contributed by atoms with Crippen molar-refractivity contribution in [2.24, 2.45) is 0 Å². The Hall–Kier alpha value is -2.47. The molecule has 24 heavy (non-hydrogen) atoms. The number of carbonyl (C=O) groups is 2. The van der Waals surface area contributed by atoms with E-state index < -0.39 is 0 Å². The number of piperazine rings is 1. The monoisotopic (exact) mass is 341 g/mol. The molecule has 1 aliphatic heterocycles. The van der Waals surface area contributed by atoms with Crippen LogP contribution < -0.4 is 10.6 Å². The van der Waals surface area contributed by atoms with Gasteiger partial charge in [0.15, 0.2) is 0 Å². The van der Waals surface area contributed by atoms with Crippen LogP contribution in [0.3, 0.4) is 0 Å². The molecule has 2 N–H and O–H groups in total. The molecule has 1 saturated heterocycles. The van der Waals surface area contributed by atoms with Gasteiger partial charge in [0, 0.05) is 28.6 Å². The summed E-state index contributed by atoms with van der Waals surface area (Å²) >= 11 is 1.68. The lowest BCUT2D eigenvalue weighted by atomic mass is 10.2. The average molecular weight is 341 g/mol. The van der Waals surface area contributed by atoms with E-state index in [1.807, 2.05) is 37.3 Å². The second kappa shape index (κ2) is 7.40. The molecule has 0 radical (unpaired) electrons. The van der Waals surface area contributed by atoms with Gasteiger partial charge in [-0.1, -0.05) is 30.0 Å². The number of anilines is 1. The number of hydrogen-bond donors (Lipinski definition) is 2. The molecule has 0 spiro atoms. The Bertz CT molecular complexity index is 749. The number of carbonyl (C=O) groups excluding carboxylic acids is 2. The van der Waals surface area contributed by atoms with Crippen LogP contribution in [0.2, 0.25) is 0 Å². The van der Waals surface area contributed by atoms with Gasteiger partial charge < -0.3 is 15.5 Å². The molecule has 0 aromatic heterocycles. The number of nitrogens with zero attached hydrogens (tertiary/aromatic N) is 1. The Balaban J connectivity index is 1.66. The van der Waals surface area contributed by atoms with Gasteiger partial charge in [0.05, 0.1) is 0 Å². The molecule has 124 valence electrons. The first kappa shape index (κ1) is 16.4. The number of aryl methyl sites for hydroxylation is 1. The van der Waals surface area contributed by atoms with Crippen molar-refractivity contribution in [3.63, 3.8) is 0 Å². The minimum Gasteiger partial charge on any atom is -0.353 e. The molecular weight excluding hydrogens is 322 g/mol. The van der Waals surface area contributed by atoms with E-state index in [1.54, 1.807) is 11.8 Å². The first-order chi connectivity index (χ1) is 11.6. The maximum Gasteiger partial charge on any atom is 0.322 e. The molecule has 0 atom stereocenters. The number of nitrogens with one attached hydrogen (secondary N) is 2. The van der Waals surface area contributed by atoms with Crippen molar-refractivity contribution in [3.8, 4) is 0 Å². The van der Waals surface area contributed by atoms with E-state index in [2.05, 4.69) is 28.8 Å². The highest BCUT2D eigenvalue weighted by Gasteiger charge is 2.21. The van der Waals surface area contributed by atoms with Crippen molar-refractivity contribution in [3.05, 3.63) is 54.1 Å². The van der Waals surface area contributed by atoms with Gasteiger partial charge in [0.2, 0.25) is 5.91 Å². The Kier molecular flexibility index (Phi) is 5.05. The molecule has 6 heteroatoms. The standard InChI is InChI=1S/C18H19N3O2S/c1-13-11-15(24-14-5-3-2-4-6-14)7-8-16(13)20-18(23)21-10-9-19-17(22)12-21/h2-8,11H,9-10,12H2,1H3,(H,19,22)(H,20,23). The van der Waals surface area contributed by atoms with E-state index in [0.717, 1.165) is 16.1 Å². The van der Waals surface area contributed by atoms with Crippen molar-refractivity contribution in [2.75, 3.05) is 25.0 Å². The molecular formula is C18H19N3O2S. The third-order valence-electron chi connectivity index (χ3n) is 3.74. The van der Waals surface area contributed by atoms with Gasteiger partial charge in [-0.2, -0.15) is 0 Å². The van der Waals surface area contributed by atoms with Crippen LogP contribution in [0.4, 0.5) is 10.5 Å². The average Bonchev–Trinajstić information content (AvgIpc) is 2.58. The highest BCUT2D eigenvalue weighted by atomic mass is 32.2. The van der Waals surface area contributed by atoms with Crippen LogP contribution in [0, 0.1) is 6.92 Å². The summed E-state index contributed by atoms with van der Waals surface area (Å²) in [5, 5.41) is 5.60. The minimum absolute atomic E-state index is 0.104. The lowest BCUT2D eigenvalue weighted by Crippen LogP contribution is -2.51. The molecule has 3 amide bonds. The van der Waals surface area contributed by atoms with E-state index in [1.165, 1.54) is 9.80 Å². The van der Waals surface area contributed by atoms with Crippen molar-refractivity contribution < 1.29 is 9.59 Å². The fourth-order valence-corrected chi connectivity index (χ4v) is 3.41. The Labute approximate surface area is 145 Å². The molecule has 2 aromatic rings. The van der Waals surface area contributed by atoms with E-state index >= 15 is 0 Å². The van der Waals surface area contributed by atoms with Crippen LogP contribution in [-0.4, -0.2) is 36.5 Å². The van der Waals surface area contributed by atoms with Crippen molar-refractivity contribution >= 4 is 29.4 Å². The summed E-state index contributed by atoms with van der Waals surface area (Å²) in [5.41, 5.74) is 1.76. The third-order valence-corrected chi connectivity index (χ3v) is 4.74. The first-order valence-corrected chi connectivity index (χ1v) is 8.59. The topological polar surface area (TPSA) is 61.4 Å². The summed E-state index contributed by atoms with van der Waals surface area (Å²) in [6, 6.07) is 15.9. The maximum absolute atomic E-state index is 12.3. The van der Waals surface area contributed by atoms with Gasteiger partial charge in [-0.25, -0.2) is 4.79 Å². The summed E-state index contributed by atoms with van der Waals surface area (Å²) in [5.74, 6) is -0.122. The summed E-state index contributed by atoms with van der Waals surface area (Å²) < 4.78 is 0. The lowest BCUT2D eigenvalue weighted by Gasteiger charge is -2.27. The smallest absolute Gasteiger partial charge is 0.322 e. The second-order valence-electron chi connectivity index (χ2n) is 5.59. The van der Waals surface area contributed by atoms with Gasteiger partial charge in [0.25, 0.3) is 0 Å². The zero-order valence-corrected chi connectivity index (χ0v) is 14.2. The Morgan fingerprint density at radius 3 is 2.67 bits per heavy atom. The summed E-state index contributed by atoms with van der Waals surface area (Å²) in [6.45, 7) is 3.09. The van der Waals surface area contributed by atoms with Gasteiger partial charge in [-0.3, -0.25) is 4.79 Å². The zero-order valence-electron chi connectivity index (χ0n) is 13.4. The lowest BCUT2D eigenvalue weighted by molar-refractivity contribution is -0.123. The molecule has 1 heterocycles. The van der Waals surface area contributed by atoms with Gasteiger partial charge in [-0.15, -0.1) is 0 Å². The van der Waals surface area contributed by atoms with Crippen molar-refractivity contribution in [1.29, 1.82) is 0 Å². The van der Waals surface area contributed by atoms with E-state index in [4.69, 9.17) is 0 Å². The van der Waals surface area contributed by atoms with Gasteiger partial charge in [-0.05, 0) is 42.8 Å². The number of urea groups is 1. The molecule has 0 aliphatic carbocycles. The van der Waals surface area contributed by atoms with Crippen LogP contribution in [0.25, 0.3) is 0 Å².